The molecular formula is C15H21ClN2O2. The molecule has 1 aliphatic rings. The Hall–Kier alpha value is -1.29. The Kier molecular flexibility index (Phi) is 4.86. The maximum Gasteiger partial charge on any atom is 0.293 e. The summed E-state index contributed by atoms with van der Waals surface area (Å²) in [5.41, 5.74) is 0.530. The van der Waals surface area contributed by atoms with Crippen LogP contribution in [0.4, 0.5) is 11.4 Å². The molecule has 4 nitrogen and oxygen atoms in total. The van der Waals surface area contributed by atoms with Crippen LogP contribution in [0.3, 0.4) is 0 Å². The second kappa shape index (κ2) is 6.44. The number of nitrogens with zero attached hydrogens (tertiary/aromatic N) is 1. The van der Waals surface area contributed by atoms with Gasteiger partial charge in [0.25, 0.3) is 5.69 Å². The van der Waals surface area contributed by atoms with Crippen molar-refractivity contribution in [3.05, 3.63) is 33.3 Å². The van der Waals surface area contributed by atoms with E-state index >= 15 is 0 Å². The quantitative estimate of drug-likeness (QED) is 0.636. The molecule has 5 heteroatoms. The molecule has 0 saturated heterocycles. The van der Waals surface area contributed by atoms with Gasteiger partial charge in [-0.05, 0) is 30.7 Å². The summed E-state index contributed by atoms with van der Waals surface area (Å²) in [6.45, 7) is 4.43. The van der Waals surface area contributed by atoms with Crippen molar-refractivity contribution in [3.63, 3.8) is 0 Å². The molecule has 0 aromatic heterocycles. The van der Waals surface area contributed by atoms with Gasteiger partial charge in [-0.3, -0.25) is 10.1 Å². The van der Waals surface area contributed by atoms with Gasteiger partial charge >= 0.3 is 0 Å². The summed E-state index contributed by atoms with van der Waals surface area (Å²) in [7, 11) is 0. The standard InChI is InChI=1S/C15H21ClN2O2/c1-10(2)11-6-3-4-8-13(11)17-15-12(16)7-5-9-14(15)18(19)20/h5,7,9-11,13,17H,3-4,6,8H2,1-2H3. The monoisotopic (exact) mass is 296 g/mol. The van der Waals surface area contributed by atoms with Crippen LogP contribution < -0.4 is 5.32 Å². The third-order valence-corrected chi connectivity index (χ3v) is 4.51. The lowest BCUT2D eigenvalue weighted by molar-refractivity contribution is -0.384. The minimum absolute atomic E-state index is 0.0607. The van der Waals surface area contributed by atoms with Gasteiger partial charge in [-0.1, -0.05) is 44.4 Å². The van der Waals surface area contributed by atoms with Crippen LogP contribution in [0.1, 0.15) is 39.5 Å². The number of hydrogen-bond acceptors (Lipinski definition) is 3. The molecule has 20 heavy (non-hydrogen) atoms. The van der Waals surface area contributed by atoms with Crippen molar-refractivity contribution in [2.24, 2.45) is 11.8 Å². The molecule has 0 heterocycles. The van der Waals surface area contributed by atoms with Gasteiger partial charge in [0.15, 0.2) is 0 Å². The number of rotatable bonds is 4. The number of nitrogens with one attached hydrogen (secondary N) is 1. The molecule has 1 aromatic carbocycles. The van der Waals surface area contributed by atoms with Gasteiger partial charge in [0.05, 0.1) is 9.95 Å². The molecule has 2 rings (SSSR count). The lowest BCUT2D eigenvalue weighted by atomic mass is 9.77. The first-order valence-electron chi connectivity index (χ1n) is 7.20. The van der Waals surface area contributed by atoms with Crippen LogP contribution in [0, 0.1) is 22.0 Å². The first-order valence-corrected chi connectivity index (χ1v) is 7.58. The molecular weight excluding hydrogens is 276 g/mol. The summed E-state index contributed by atoms with van der Waals surface area (Å²) in [5, 5.41) is 14.9. The lowest BCUT2D eigenvalue weighted by Gasteiger charge is -2.35. The fourth-order valence-electron chi connectivity index (χ4n) is 3.13. The Morgan fingerprint density at radius 1 is 1.35 bits per heavy atom. The minimum Gasteiger partial charge on any atom is -0.375 e. The van der Waals surface area contributed by atoms with Gasteiger partial charge < -0.3 is 5.32 Å². The van der Waals surface area contributed by atoms with Crippen molar-refractivity contribution in [1.29, 1.82) is 0 Å². The second-order valence-electron chi connectivity index (χ2n) is 5.83. The van der Waals surface area contributed by atoms with E-state index in [2.05, 4.69) is 19.2 Å². The van der Waals surface area contributed by atoms with Crippen LogP contribution in [0.2, 0.25) is 5.02 Å². The molecule has 2 atom stereocenters. The molecule has 1 N–H and O–H groups in total. The summed E-state index contributed by atoms with van der Waals surface area (Å²) in [5.74, 6) is 1.11. The van der Waals surface area contributed by atoms with E-state index in [0.717, 1.165) is 6.42 Å². The number of hydrogen-bond donors (Lipinski definition) is 1. The zero-order valence-electron chi connectivity index (χ0n) is 11.9. The number of nitro benzene ring substituents is 1. The Labute approximate surface area is 124 Å². The van der Waals surface area contributed by atoms with E-state index in [0.29, 0.717) is 22.5 Å². The fourth-order valence-corrected chi connectivity index (χ4v) is 3.35. The molecule has 0 spiro atoms. The molecule has 0 amide bonds. The van der Waals surface area contributed by atoms with Crippen LogP contribution in [0.15, 0.2) is 18.2 Å². The topological polar surface area (TPSA) is 55.2 Å². The highest BCUT2D eigenvalue weighted by Crippen LogP contribution is 2.37. The van der Waals surface area contributed by atoms with Crippen molar-refractivity contribution in [2.45, 2.75) is 45.6 Å². The highest BCUT2D eigenvalue weighted by Gasteiger charge is 2.29. The number of benzene rings is 1. The van der Waals surface area contributed by atoms with E-state index in [1.54, 1.807) is 12.1 Å². The Balaban J connectivity index is 2.26. The first-order chi connectivity index (χ1) is 9.50. The van der Waals surface area contributed by atoms with Crippen LogP contribution in [0.5, 0.6) is 0 Å². The van der Waals surface area contributed by atoms with Crippen molar-refractivity contribution < 1.29 is 4.92 Å². The molecule has 1 saturated carbocycles. The highest BCUT2D eigenvalue weighted by molar-refractivity contribution is 6.33. The number of nitro groups is 1. The predicted molar refractivity (Wildman–Crippen MR) is 82.3 cm³/mol. The average molecular weight is 297 g/mol. The smallest absolute Gasteiger partial charge is 0.293 e. The normalized spacial score (nSPS) is 22.8. The third-order valence-electron chi connectivity index (χ3n) is 4.19. The van der Waals surface area contributed by atoms with Crippen LogP contribution in [-0.2, 0) is 0 Å². The fraction of sp³-hybridized carbons (Fsp3) is 0.600. The number of anilines is 1. The molecule has 0 aliphatic heterocycles. The third kappa shape index (κ3) is 3.23. The molecule has 110 valence electrons. The van der Waals surface area contributed by atoms with Crippen LogP contribution in [-0.4, -0.2) is 11.0 Å². The zero-order chi connectivity index (χ0) is 14.7. The summed E-state index contributed by atoms with van der Waals surface area (Å²) in [4.78, 5) is 10.8. The van der Waals surface area contributed by atoms with Gasteiger partial charge in [-0.15, -0.1) is 0 Å². The average Bonchev–Trinajstić information content (AvgIpc) is 2.41. The van der Waals surface area contributed by atoms with E-state index in [1.165, 1.54) is 25.3 Å². The van der Waals surface area contributed by atoms with Gasteiger partial charge in [0.2, 0.25) is 0 Å². The van der Waals surface area contributed by atoms with Crippen molar-refractivity contribution in [3.8, 4) is 0 Å². The molecule has 1 fully saturated rings. The Morgan fingerprint density at radius 2 is 2.05 bits per heavy atom. The van der Waals surface area contributed by atoms with Crippen molar-refractivity contribution in [2.75, 3.05) is 5.32 Å². The molecule has 2 unspecified atom stereocenters. The zero-order valence-corrected chi connectivity index (χ0v) is 12.7. The molecule has 1 aromatic rings. The minimum atomic E-state index is -0.374. The maximum absolute atomic E-state index is 11.1. The summed E-state index contributed by atoms with van der Waals surface area (Å²) in [6, 6.07) is 5.08. The summed E-state index contributed by atoms with van der Waals surface area (Å²) in [6.07, 6.45) is 4.63. The van der Waals surface area contributed by atoms with Crippen molar-refractivity contribution in [1.82, 2.24) is 0 Å². The molecule has 1 aliphatic carbocycles. The van der Waals surface area contributed by atoms with E-state index < -0.39 is 0 Å². The van der Waals surface area contributed by atoms with E-state index in [1.807, 2.05) is 0 Å². The molecule has 0 radical (unpaired) electrons. The highest BCUT2D eigenvalue weighted by atomic mass is 35.5. The van der Waals surface area contributed by atoms with Gasteiger partial charge in [-0.2, -0.15) is 0 Å². The van der Waals surface area contributed by atoms with Gasteiger partial charge in [0, 0.05) is 12.1 Å². The summed E-state index contributed by atoms with van der Waals surface area (Å²) >= 11 is 6.15. The number of para-hydroxylation sites is 1. The van der Waals surface area contributed by atoms with Crippen molar-refractivity contribution >= 4 is 23.0 Å². The SMILES string of the molecule is CC(C)C1CCCCC1Nc1c(Cl)cccc1[N+](=O)[O-]. The first kappa shape index (κ1) is 15.1. The molecule has 0 bridgehead atoms. The maximum atomic E-state index is 11.1. The van der Waals surface area contributed by atoms with Gasteiger partial charge in [-0.25, -0.2) is 0 Å². The van der Waals surface area contributed by atoms with Crippen LogP contribution in [0.25, 0.3) is 0 Å². The Bertz CT molecular complexity index is 491. The number of halogens is 1. The summed E-state index contributed by atoms with van der Waals surface area (Å²) < 4.78 is 0. The van der Waals surface area contributed by atoms with E-state index in [4.69, 9.17) is 11.6 Å². The van der Waals surface area contributed by atoms with Gasteiger partial charge in [0.1, 0.15) is 5.69 Å². The van der Waals surface area contributed by atoms with Crippen LogP contribution >= 0.6 is 11.6 Å². The van der Waals surface area contributed by atoms with E-state index in [-0.39, 0.29) is 16.7 Å². The predicted octanol–water partition coefficient (Wildman–Crippen LogP) is 4.87. The lowest BCUT2D eigenvalue weighted by Crippen LogP contribution is -2.35. The Morgan fingerprint density at radius 3 is 2.70 bits per heavy atom. The van der Waals surface area contributed by atoms with E-state index in [9.17, 15) is 10.1 Å². The second-order valence-corrected chi connectivity index (χ2v) is 6.24. The largest absolute Gasteiger partial charge is 0.375 e.